The van der Waals surface area contributed by atoms with Gasteiger partial charge in [-0.25, -0.2) is 4.79 Å². The average molecular weight is 274 g/mol. The van der Waals surface area contributed by atoms with E-state index < -0.39 is 12.0 Å². The summed E-state index contributed by atoms with van der Waals surface area (Å²) in [5, 5.41) is 13.7. The van der Waals surface area contributed by atoms with Crippen molar-refractivity contribution in [3.63, 3.8) is 0 Å². The van der Waals surface area contributed by atoms with E-state index in [9.17, 15) is 14.4 Å². The van der Waals surface area contributed by atoms with Crippen LogP contribution < -0.4 is 10.6 Å². The Bertz CT molecular complexity index is 306. The molecule has 19 heavy (non-hydrogen) atoms. The van der Waals surface area contributed by atoms with Crippen LogP contribution >= 0.6 is 0 Å². The Balaban J connectivity index is 3.73. The number of ether oxygens (including phenoxy) is 1. The second kappa shape index (κ2) is 10.2. The molecule has 0 aromatic rings. The van der Waals surface area contributed by atoms with Crippen molar-refractivity contribution in [3.8, 4) is 0 Å². The number of urea groups is 1. The van der Waals surface area contributed by atoms with E-state index >= 15 is 0 Å². The maximum atomic E-state index is 11.4. The van der Waals surface area contributed by atoms with E-state index in [0.717, 1.165) is 0 Å². The molecule has 1 unspecified atom stereocenters. The van der Waals surface area contributed by atoms with E-state index in [0.29, 0.717) is 19.6 Å². The molecule has 0 aliphatic carbocycles. The largest absolute Gasteiger partial charge is 0.481 e. The van der Waals surface area contributed by atoms with Crippen LogP contribution in [0.2, 0.25) is 0 Å². The van der Waals surface area contributed by atoms with Crippen molar-refractivity contribution in [1.82, 2.24) is 10.6 Å². The summed E-state index contributed by atoms with van der Waals surface area (Å²) in [5.41, 5.74) is 0. The van der Waals surface area contributed by atoms with Gasteiger partial charge in [0.1, 0.15) is 0 Å². The van der Waals surface area contributed by atoms with Crippen molar-refractivity contribution >= 4 is 18.0 Å². The number of hydrogen-bond acceptors (Lipinski definition) is 4. The number of hydrogen-bond donors (Lipinski definition) is 3. The standard InChI is InChI=1S/C12H22N2O5/c1-3-9(7-10(15)16)8-14-12(18)13-6-5-11(17)19-4-2/h9H,3-8H2,1-2H3,(H,15,16)(H2,13,14,18). The van der Waals surface area contributed by atoms with Gasteiger partial charge in [-0.2, -0.15) is 0 Å². The van der Waals surface area contributed by atoms with Gasteiger partial charge in [0.15, 0.2) is 0 Å². The number of carboxylic acids is 1. The predicted octanol–water partition coefficient (Wildman–Crippen LogP) is 0.740. The van der Waals surface area contributed by atoms with Crippen molar-refractivity contribution < 1.29 is 24.2 Å². The lowest BCUT2D eigenvalue weighted by molar-refractivity contribution is -0.143. The van der Waals surface area contributed by atoms with E-state index in [1.165, 1.54) is 0 Å². The lowest BCUT2D eigenvalue weighted by Crippen LogP contribution is -2.39. The van der Waals surface area contributed by atoms with E-state index in [4.69, 9.17) is 9.84 Å². The lowest BCUT2D eigenvalue weighted by atomic mass is 10.0. The van der Waals surface area contributed by atoms with E-state index in [1.807, 2.05) is 6.92 Å². The maximum Gasteiger partial charge on any atom is 0.314 e. The van der Waals surface area contributed by atoms with Crippen molar-refractivity contribution in [2.45, 2.75) is 33.1 Å². The summed E-state index contributed by atoms with van der Waals surface area (Å²) in [6.07, 6.45) is 0.822. The summed E-state index contributed by atoms with van der Waals surface area (Å²) in [7, 11) is 0. The minimum absolute atomic E-state index is 0.0274. The Morgan fingerprint density at radius 3 is 2.42 bits per heavy atom. The number of carbonyl (C=O) groups is 3. The first-order valence-corrected chi connectivity index (χ1v) is 6.38. The van der Waals surface area contributed by atoms with E-state index in [2.05, 4.69) is 10.6 Å². The van der Waals surface area contributed by atoms with Gasteiger partial charge < -0.3 is 20.5 Å². The molecule has 0 aromatic carbocycles. The molecule has 0 heterocycles. The molecular formula is C12H22N2O5. The summed E-state index contributed by atoms with van der Waals surface area (Å²) in [5.74, 6) is -1.33. The van der Waals surface area contributed by atoms with Gasteiger partial charge >= 0.3 is 18.0 Å². The van der Waals surface area contributed by atoms with Crippen LogP contribution in [0, 0.1) is 5.92 Å². The summed E-state index contributed by atoms with van der Waals surface area (Å²) >= 11 is 0. The smallest absolute Gasteiger partial charge is 0.314 e. The highest BCUT2D eigenvalue weighted by Gasteiger charge is 2.12. The van der Waals surface area contributed by atoms with E-state index in [-0.39, 0.29) is 31.3 Å². The molecule has 0 saturated carbocycles. The fourth-order valence-electron chi connectivity index (χ4n) is 1.42. The number of nitrogens with one attached hydrogen (secondary N) is 2. The van der Waals surface area contributed by atoms with Crippen LogP contribution in [0.15, 0.2) is 0 Å². The van der Waals surface area contributed by atoms with Gasteiger partial charge in [0, 0.05) is 19.5 Å². The van der Waals surface area contributed by atoms with Crippen molar-refractivity contribution in [1.29, 1.82) is 0 Å². The zero-order valence-corrected chi connectivity index (χ0v) is 11.4. The molecule has 0 bridgehead atoms. The lowest BCUT2D eigenvalue weighted by Gasteiger charge is -2.13. The third kappa shape index (κ3) is 9.87. The third-order valence-corrected chi connectivity index (χ3v) is 2.51. The topological polar surface area (TPSA) is 105 Å². The van der Waals surface area contributed by atoms with Crippen LogP contribution in [-0.2, 0) is 14.3 Å². The minimum Gasteiger partial charge on any atom is -0.481 e. The fraction of sp³-hybridized carbons (Fsp3) is 0.750. The van der Waals surface area contributed by atoms with Gasteiger partial charge in [-0.1, -0.05) is 13.3 Å². The van der Waals surface area contributed by atoms with Crippen LogP contribution in [0.5, 0.6) is 0 Å². The minimum atomic E-state index is -0.878. The molecule has 7 nitrogen and oxygen atoms in total. The van der Waals surface area contributed by atoms with Crippen molar-refractivity contribution in [3.05, 3.63) is 0 Å². The molecule has 0 aliphatic heterocycles. The number of carbonyl (C=O) groups excluding carboxylic acids is 2. The van der Waals surface area contributed by atoms with Crippen LogP contribution in [0.3, 0.4) is 0 Å². The highest BCUT2D eigenvalue weighted by atomic mass is 16.5. The molecule has 0 saturated heterocycles. The third-order valence-electron chi connectivity index (χ3n) is 2.51. The fourth-order valence-corrected chi connectivity index (χ4v) is 1.42. The second-order valence-corrected chi connectivity index (χ2v) is 4.06. The van der Waals surface area contributed by atoms with Crippen LogP contribution in [-0.4, -0.2) is 42.8 Å². The zero-order valence-electron chi connectivity index (χ0n) is 11.4. The molecule has 0 rings (SSSR count). The van der Waals surface area contributed by atoms with Gasteiger partial charge in [0.05, 0.1) is 13.0 Å². The quantitative estimate of drug-likeness (QED) is 0.538. The van der Waals surface area contributed by atoms with Gasteiger partial charge in [-0.05, 0) is 12.8 Å². The van der Waals surface area contributed by atoms with Gasteiger partial charge in [0.2, 0.25) is 0 Å². The molecular weight excluding hydrogens is 252 g/mol. The summed E-state index contributed by atoms with van der Waals surface area (Å²) in [4.78, 5) is 32.9. The highest BCUT2D eigenvalue weighted by Crippen LogP contribution is 2.06. The van der Waals surface area contributed by atoms with Gasteiger partial charge in [0.25, 0.3) is 0 Å². The number of rotatable bonds is 9. The second-order valence-electron chi connectivity index (χ2n) is 4.06. The summed E-state index contributed by atoms with van der Waals surface area (Å²) < 4.78 is 4.71. The molecule has 0 radical (unpaired) electrons. The first-order chi connectivity index (χ1) is 8.99. The molecule has 0 aliphatic rings. The van der Waals surface area contributed by atoms with Crippen LogP contribution in [0.4, 0.5) is 4.79 Å². The summed E-state index contributed by atoms with van der Waals surface area (Å²) in [6.45, 7) is 4.39. The Labute approximate surface area is 112 Å². The maximum absolute atomic E-state index is 11.4. The SMILES string of the molecule is CCOC(=O)CCNC(=O)NCC(CC)CC(=O)O. The number of esters is 1. The van der Waals surface area contributed by atoms with Crippen molar-refractivity contribution in [2.24, 2.45) is 5.92 Å². The Hall–Kier alpha value is -1.79. The Morgan fingerprint density at radius 2 is 1.89 bits per heavy atom. The van der Waals surface area contributed by atoms with Crippen LogP contribution in [0.1, 0.15) is 33.1 Å². The predicted molar refractivity (Wildman–Crippen MR) is 68.7 cm³/mol. The van der Waals surface area contributed by atoms with Crippen LogP contribution in [0.25, 0.3) is 0 Å². The molecule has 7 heteroatoms. The van der Waals surface area contributed by atoms with Gasteiger partial charge in [-0.3, -0.25) is 9.59 Å². The summed E-state index contributed by atoms with van der Waals surface area (Å²) in [6, 6.07) is -0.409. The molecule has 0 spiro atoms. The zero-order chi connectivity index (χ0) is 14.7. The molecule has 110 valence electrons. The van der Waals surface area contributed by atoms with E-state index in [1.54, 1.807) is 6.92 Å². The first kappa shape index (κ1) is 17.2. The Kier molecular flexibility index (Phi) is 9.20. The highest BCUT2D eigenvalue weighted by molar-refractivity contribution is 5.75. The number of aliphatic carboxylic acids is 1. The molecule has 1 atom stereocenters. The van der Waals surface area contributed by atoms with Crippen molar-refractivity contribution in [2.75, 3.05) is 19.7 Å². The monoisotopic (exact) mass is 274 g/mol. The normalized spacial score (nSPS) is 11.5. The average Bonchev–Trinajstić information content (AvgIpc) is 2.34. The number of carboxylic acid groups (broad SMARTS) is 1. The molecule has 0 aromatic heterocycles. The first-order valence-electron chi connectivity index (χ1n) is 6.38. The van der Waals surface area contributed by atoms with Gasteiger partial charge in [-0.15, -0.1) is 0 Å². The molecule has 3 N–H and O–H groups in total. The number of amides is 2. The Morgan fingerprint density at radius 1 is 1.21 bits per heavy atom. The molecule has 2 amide bonds. The molecule has 0 fully saturated rings.